The first-order valence-electron chi connectivity index (χ1n) is 6.24. The Hall–Kier alpha value is -2.42. The number of ketones is 1. The Labute approximate surface area is 111 Å². The molecule has 0 spiro atoms. The molecule has 0 saturated heterocycles. The molecule has 3 nitrogen and oxygen atoms in total. The van der Waals surface area contributed by atoms with Crippen molar-refractivity contribution in [3.8, 4) is 0 Å². The second-order valence-electron chi connectivity index (χ2n) is 4.54. The van der Waals surface area contributed by atoms with Gasteiger partial charge in [0.15, 0.2) is 5.78 Å². The van der Waals surface area contributed by atoms with Gasteiger partial charge in [-0.1, -0.05) is 42.5 Å². The molecule has 94 valence electrons. The SMILES string of the molecule is Cn1c(CC(=O)c2ccccc2)nc2ccccc21. The van der Waals surface area contributed by atoms with Gasteiger partial charge in [-0.05, 0) is 12.1 Å². The van der Waals surface area contributed by atoms with Crippen molar-refractivity contribution >= 4 is 16.8 Å². The van der Waals surface area contributed by atoms with E-state index in [1.54, 1.807) is 0 Å². The zero-order chi connectivity index (χ0) is 13.2. The molecule has 3 rings (SSSR count). The first kappa shape index (κ1) is 11.7. The Morgan fingerprint density at radius 3 is 2.47 bits per heavy atom. The maximum atomic E-state index is 12.2. The Balaban J connectivity index is 1.94. The van der Waals surface area contributed by atoms with Crippen molar-refractivity contribution in [1.29, 1.82) is 0 Å². The molecular weight excluding hydrogens is 236 g/mol. The lowest BCUT2D eigenvalue weighted by Gasteiger charge is -2.02. The van der Waals surface area contributed by atoms with Crippen LogP contribution < -0.4 is 0 Å². The fraction of sp³-hybridized carbons (Fsp3) is 0.125. The molecule has 19 heavy (non-hydrogen) atoms. The number of fused-ring (bicyclic) bond motifs is 1. The van der Waals surface area contributed by atoms with Crippen LogP contribution in [0.2, 0.25) is 0 Å². The van der Waals surface area contributed by atoms with Crippen LogP contribution in [0, 0.1) is 0 Å². The minimum absolute atomic E-state index is 0.0963. The lowest BCUT2D eigenvalue weighted by atomic mass is 10.1. The van der Waals surface area contributed by atoms with Crippen LogP contribution in [-0.2, 0) is 13.5 Å². The van der Waals surface area contributed by atoms with Gasteiger partial charge in [0, 0.05) is 12.6 Å². The molecule has 0 aliphatic heterocycles. The standard InChI is InChI=1S/C16H14N2O/c1-18-14-10-6-5-9-13(14)17-16(18)11-15(19)12-7-3-2-4-8-12/h2-10H,11H2,1H3. The van der Waals surface area contributed by atoms with Gasteiger partial charge in [0.25, 0.3) is 0 Å². The van der Waals surface area contributed by atoms with E-state index in [0.29, 0.717) is 6.42 Å². The van der Waals surface area contributed by atoms with Crippen molar-refractivity contribution < 1.29 is 4.79 Å². The maximum Gasteiger partial charge on any atom is 0.170 e. The van der Waals surface area contributed by atoms with Crippen LogP contribution in [0.5, 0.6) is 0 Å². The van der Waals surface area contributed by atoms with E-state index in [9.17, 15) is 4.79 Å². The molecule has 0 atom stereocenters. The highest BCUT2D eigenvalue weighted by Crippen LogP contribution is 2.15. The van der Waals surface area contributed by atoms with Gasteiger partial charge in [0.2, 0.25) is 0 Å². The summed E-state index contributed by atoms with van der Waals surface area (Å²) < 4.78 is 1.98. The average molecular weight is 250 g/mol. The number of benzene rings is 2. The summed E-state index contributed by atoms with van der Waals surface area (Å²) in [6, 6.07) is 17.3. The summed E-state index contributed by atoms with van der Waals surface area (Å²) in [4.78, 5) is 16.7. The normalized spacial score (nSPS) is 10.8. The Bertz CT molecular complexity index is 729. The number of rotatable bonds is 3. The summed E-state index contributed by atoms with van der Waals surface area (Å²) in [7, 11) is 1.95. The third-order valence-electron chi connectivity index (χ3n) is 3.29. The first-order chi connectivity index (χ1) is 9.25. The summed E-state index contributed by atoms with van der Waals surface area (Å²) in [5.74, 6) is 0.897. The summed E-state index contributed by atoms with van der Waals surface area (Å²) >= 11 is 0. The molecule has 3 heteroatoms. The van der Waals surface area contributed by atoms with Gasteiger partial charge in [-0.15, -0.1) is 0 Å². The molecule has 2 aromatic carbocycles. The fourth-order valence-electron chi connectivity index (χ4n) is 2.22. The number of para-hydroxylation sites is 2. The second kappa shape index (κ2) is 4.69. The number of hydrogen-bond acceptors (Lipinski definition) is 2. The van der Waals surface area contributed by atoms with E-state index >= 15 is 0 Å². The number of aryl methyl sites for hydroxylation is 1. The van der Waals surface area contributed by atoms with Crippen molar-refractivity contribution in [2.75, 3.05) is 0 Å². The molecule has 0 unspecified atom stereocenters. The van der Waals surface area contributed by atoms with Gasteiger partial charge < -0.3 is 4.57 Å². The van der Waals surface area contributed by atoms with E-state index in [0.717, 1.165) is 22.4 Å². The van der Waals surface area contributed by atoms with E-state index < -0.39 is 0 Å². The van der Waals surface area contributed by atoms with Gasteiger partial charge in [0.1, 0.15) is 5.82 Å². The van der Waals surface area contributed by atoms with E-state index in [2.05, 4.69) is 4.98 Å². The summed E-state index contributed by atoms with van der Waals surface area (Å²) in [5, 5.41) is 0. The molecular formula is C16H14N2O. The van der Waals surface area contributed by atoms with Crippen LogP contribution in [-0.4, -0.2) is 15.3 Å². The number of Topliss-reactive ketones (excluding diaryl/α,β-unsaturated/α-hetero) is 1. The first-order valence-corrected chi connectivity index (χ1v) is 6.24. The quantitative estimate of drug-likeness (QED) is 0.670. The molecule has 0 fully saturated rings. The molecule has 1 aromatic heterocycles. The van der Waals surface area contributed by atoms with Crippen LogP contribution in [0.25, 0.3) is 11.0 Å². The molecule has 0 aliphatic carbocycles. The summed E-state index contributed by atoms with van der Waals surface area (Å²) in [5.41, 5.74) is 2.72. The maximum absolute atomic E-state index is 12.2. The number of carbonyl (C=O) groups excluding carboxylic acids is 1. The number of hydrogen-bond donors (Lipinski definition) is 0. The summed E-state index contributed by atoms with van der Waals surface area (Å²) in [6.45, 7) is 0. The lowest BCUT2D eigenvalue weighted by Crippen LogP contribution is -2.08. The van der Waals surface area contributed by atoms with E-state index in [1.807, 2.05) is 66.2 Å². The van der Waals surface area contributed by atoms with Crippen LogP contribution in [0.1, 0.15) is 16.2 Å². The Morgan fingerprint density at radius 1 is 1.05 bits per heavy atom. The zero-order valence-corrected chi connectivity index (χ0v) is 10.7. The Kier molecular flexibility index (Phi) is 2.88. The van der Waals surface area contributed by atoms with Crippen molar-refractivity contribution in [2.45, 2.75) is 6.42 Å². The van der Waals surface area contributed by atoms with Crippen LogP contribution in [0.3, 0.4) is 0 Å². The molecule has 0 saturated carbocycles. The van der Waals surface area contributed by atoms with E-state index in [1.165, 1.54) is 0 Å². The van der Waals surface area contributed by atoms with Gasteiger partial charge >= 0.3 is 0 Å². The molecule has 0 N–H and O–H groups in total. The molecule has 0 amide bonds. The highest BCUT2D eigenvalue weighted by atomic mass is 16.1. The number of nitrogens with zero attached hydrogens (tertiary/aromatic N) is 2. The molecule has 0 radical (unpaired) electrons. The van der Waals surface area contributed by atoms with E-state index in [-0.39, 0.29) is 5.78 Å². The van der Waals surface area contributed by atoms with E-state index in [4.69, 9.17) is 0 Å². The average Bonchev–Trinajstić information content (AvgIpc) is 2.77. The monoisotopic (exact) mass is 250 g/mol. The molecule has 0 bridgehead atoms. The number of aromatic nitrogens is 2. The Morgan fingerprint density at radius 2 is 1.74 bits per heavy atom. The predicted octanol–water partition coefficient (Wildman–Crippen LogP) is 3.00. The van der Waals surface area contributed by atoms with Crippen molar-refractivity contribution in [3.63, 3.8) is 0 Å². The van der Waals surface area contributed by atoms with Crippen molar-refractivity contribution in [2.24, 2.45) is 7.05 Å². The van der Waals surface area contributed by atoms with Crippen LogP contribution in [0.4, 0.5) is 0 Å². The highest BCUT2D eigenvalue weighted by Gasteiger charge is 2.12. The number of imidazole rings is 1. The van der Waals surface area contributed by atoms with Gasteiger partial charge in [0.05, 0.1) is 17.5 Å². The lowest BCUT2D eigenvalue weighted by molar-refractivity contribution is 0.0990. The second-order valence-corrected chi connectivity index (χ2v) is 4.54. The smallest absolute Gasteiger partial charge is 0.170 e. The minimum Gasteiger partial charge on any atom is -0.331 e. The largest absolute Gasteiger partial charge is 0.331 e. The van der Waals surface area contributed by atoms with Crippen molar-refractivity contribution in [3.05, 3.63) is 66.0 Å². The van der Waals surface area contributed by atoms with Crippen LogP contribution >= 0.6 is 0 Å². The van der Waals surface area contributed by atoms with Gasteiger partial charge in [-0.3, -0.25) is 4.79 Å². The highest BCUT2D eigenvalue weighted by molar-refractivity contribution is 5.97. The topological polar surface area (TPSA) is 34.9 Å². The van der Waals surface area contributed by atoms with Crippen LogP contribution in [0.15, 0.2) is 54.6 Å². The zero-order valence-electron chi connectivity index (χ0n) is 10.7. The van der Waals surface area contributed by atoms with Gasteiger partial charge in [-0.2, -0.15) is 0 Å². The molecule has 1 heterocycles. The van der Waals surface area contributed by atoms with Crippen molar-refractivity contribution in [1.82, 2.24) is 9.55 Å². The predicted molar refractivity (Wildman–Crippen MR) is 75.2 cm³/mol. The molecule has 0 aliphatic rings. The molecule has 3 aromatic rings. The fourth-order valence-corrected chi connectivity index (χ4v) is 2.22. The number of carbonyl (C=O) groups is 1. The van der Waals surface area contributed by atoms with Gasteiger partial charge in [-0.25, -0.2) is 4.98 Å². The minimum atomic E-state index is 0.0963. The summed E-state index contributed by atoms with van der Waals surface area (Å²) in [6.07, 6.45) is 0.329. The third kappa shape index (κ3) is 2.15. The third-order valence-corrected chi connectivity index (χ3v) is 3.29.